The molecule has 3 saturated heterocycles. The summed E-state index contributed by atoms with van der Waals surface area (Å²) >= 11 is 0. The van der Waals surface area contributed by atoms with Crippen molar-refractivity contribution in [2.75, 3.05) is 94.7 Å². The number of anilines is 4. The molecule has 3 aromatic heterocycles. The van der Waals surface area contributed by atoms with Gasteiger partial charge < -0.3 is 29.5 Å². The Bertz CT molecular complexity index is 2270. The van der Waals surface area contributed by atoms with Crippen LogP contribution in [0.4, 0.5) is 27.5 Å². The highest BCUT2D eigenvalue weighted by molar-refractivity contribution is 6.05. The van der Waals surface area contributed by atoms with Crippen LogP contribution < -0.4 is 20.4 Å². The SMILES string of the molecule is CN(C)C(=O)c1cc2cnc(Nc3ccc(N4CCN(CCN5CCN(c6cc7c(cc6F)C(=O)N(C6CCC(=O)NC6=O)C7)CC5)CC4)cn3)nc2n1C1CCCC1.Cl.Cl. The quantitative estimate of drug-likeness (QED) is 0.221. The molecule has 4 aliphatic heterocycles. The van der Waals surface area contributed by atoms with Crippen LogP contribution in [0.2, 0.25) is 0 Å². The molecule has 1 aromatic carbocycles. The number of hydrogen-bond donors (Lipinski definition) is 2. The maximum Gasteiger partial charge on any atom is 0.270 e. The molecule has 19 heteroatoms. The summed E-state index contributed by atoms with van der Waals surface area (Å²) in [5.41, 5.74) is 3.98. The zero-order valence-electron chi connectivity index (χ0n) is 34.5. The molecule has 4 aromatic rings. The standard InChI is InChI=1S/C42H51FN12O4.2ClH/c1-49(2)41(59)35-21-27-24-45-42(48-38(27)55(35)29-5-3-4-6-29)46-36-9-7-30(25-44-36)52-17-13-50(14-18-52)11-12-51-15-19-53(20-16-51)34-22-28-26-54(40(58)31(28)23-32(34)43)33-8-10-37(56)47-39(33)57;;/h7,9,21-25,29,33H,3-6,8,10-20,26H2,1-2H3,(H,47,56,57)(H,44,45,46,48);2*1H. The minimum absolute atomic E-state index is 0. The summed E-state index contributed by atoms with van der Waals surface area (Å²) < 4.78 is 17.5. The number of imide groups is 1. The lowest BCUT2D eigenvalue weighted by molar-refractivity contribution is -0.136. The van der Waals surface area contributed by atoms with E-state index in [9.17, 15) is 19.2 Å². The van der Waals surface area contributed by atoms with Gasteiger partial charge in [0.25, 0.3) is 11.8 Å². The molecule has 0 radical (unpaired) electrons. The highest BCUT2D eigenvalue weighted by Gasteiger charge is 2.40. The summed E-state index contributed by atoms with van der Waals surface area (Å²) in [6.45, 7) is 8.80. The monoisotopic (exact) mass is 878 g/mol. The number of fused-ring (bicyclic) bond motifs is 2. The second kappa shape index (κ2) is 18.5. The van der Waals surface area contributed by atoms with Crippen molar-refractivity contribution in [3.05, 3.63) is 65.4 Å². The fourth-order valence-electron chi connectivity index (χ4n) is 9.30. The van der Waals surface area contributed by atoms with Gasteiger partial charge in [0.15, 0.2) is 0 Å². The first-order valence-electron chi connectivity index (χ1n) is 20.8. The third-order valence-electron chi connectivity index (χ3n) is 12.7. The van der Waals surface area contributed by atoms with Gasteiger partial charge in [-0.2, -0.15) is 4.98 Å². The number of hydrogen-bond acceptors (Lipinski definition) is 12. The number of piperidine rings is 1. The summed E-state index contributed by atoms with van der Waals surface area (Å²) in [7, 11) is 3.55. The van der Waals surface area contributed by atoms with E-state index in [0.29, 0.717) is 47.4 Å². The van der Waals surface area contributed by atoms with Gasteiger partial charge in [0, 0.05) is 116 Å². The van der Waals surface area contributed by atoms with E-state index < -0.39 is 17.8 Å². The third kappa shape index (κ3) is 8.97. The number of piperazine rings is 2. The van der Waals surface area contributed by atoms with Crippen LogP contribution in [0.3, 0.4) is 0 Å². The van der Waals surface area contributed by atoms with Crippen molar-refractivity contribution in [3.8, 4) is 0 Å². The number of nitrogens with zero attached hydrogens (tertiary/aromatic N) is 10. The van der Waals surface area contributed by atoms with Crippen molar-refractivity contribution in [1.29, 1.82) is 0 Å². The van der Waals surface area contributed by atoms with E-state index in [4.69, 9.17) is 9.97 Å². The maximum atomic E-state index is 15.4. The van der Waals surface area contributed by atoms with Crippen molar-refractivity contribution in [1.82, 2.24) is 44.4 Å². The van der Waals surface area contributed by atoms with Gasteiger partial charge in [-0.25, -0.2) is 14.4 Å². The lowest BCUT2D eigenvalue weighted by Crippen LogP contribution is -2.52. The number of halogens is 3. The molecule has 4 amide bonds. The first kappa shape index (κ1) is 44.0. The smallest absolute Gasteiger partial charge is 0.270 e. The first-order chi connectivity index (χ1) is 28.6. The number of pyridine rings is 1. The number of carbonyl (C=O) groups excluding carboxylic acids is 4. The molecule has 2 N–H and O–H groups in total. The Labute approximate surface area is 366 Å². The topological polar surface area (TPSA) is 155 Å². The maximum absolute atomic E-state index is 15.4. The van der Waals surface area contributed by atoms with Crippen LogP contribution in [0.15, 0.2) is 42.7 Å². The third-order valence-corrected chi connectivity index (χ3v) is 12.7. The van der Waals surface area contributed by atoms with Gasteiger partial charge in [0.2, 0.25) is 17.8 Å². The van der Waals surface area contributed by atoms with E-state index in [0.717, 1.165) is 94.8 Å². The molecule has 61 heavy (non-hydrogen) atoms. The predicted octanol–water partition coefficient (Wildman–Crippen LogP) is 4.07. The normalized spacial score (nSPS) is 20.1. The molecule has 326 valence electrons. The summed E-state index contributed by atoms with van der Waals surface area (Å²) in [6, 6.07) is 8.54. The van der Waals surface area contributed by atoms with Gasteiger partial charge in [-0.15, -0.1) is 24.8 Å². The molecule has 7 heterocycles. The molecule has 1 saturated carbocycles. The van der Waals surface area contributed by atoms with Crippen molar-refractivity contribution >= 4 is 82.6 Å². The van der Waals surface area contributed by atoms with Crippen LogP contribution in [0.5, 0.6) is 0 Å². The minimum Gasteiger partial charge on any atom is -0.368 e. The highest BCUT2D eigenvalue weighted by atomic mass is 35.5. The van der Waals surface area contributed by atoms with E-state index in [2.05, 4.69) is 41.0 Å². The van der Waals surface area contributed by atoms with Crippen LogP contribution >= 0.6 is 24.8 Å². The molecule has 16 nitrogen and oxygen atoms in total. The number of aromatic nitrogens is 4. The van der Waals surface area contributed by atoms with Gasteiger partial charge in [-0.1, -0.05) is 12.8 Å². The molecule has 0 bridgehead atoms. The van der Waals surface area contributed by atoms with Gasteiger partial charge in [0.1, 0.15) is 29.0 Å². The van der Waals surface area contributed by atoms with Gasteiger partial charge >= 0.3 is 0 Å². The number of carbonyl (C=O) groups is 4. The average molecular weight is 880 g/mol. The average Bonchev–Trinajstić information content (AvgIpc) is 3.98. The van der Waals surface area contributed by atoms with Crippen LogP contribution in [0, 0.1) is 5.82 Å². The van der Waals surface area contributed by atoms with Crippen molar-refractivity contribution in [3.63, 3.8) is 0 Å². The summed E-state index contributed by atoms with van der Waals surface area (Å²) in [6.07, 6.45) is 8.48. The Hall–Kier alpha value is -5.10. The highest BCUT2D eigenvalue weighted by Crippen LogP contribution is 2.36. The van der Waals surface area contributed by atoms with Crippen molar-refractivity contribution < 1.29 is 23.6 Å². The Morgan fingerprint density at radius 3 is 2.20 bits per heavy atom. The number of benzene rings is 1. The minimum atomic E-state index is -0.723. The van der Waals surface area contributed by atoms with Crippen molar-refractivity contribution in [2.45, 2.75) is 57.2 Å². The summed E-state index contributed by atoms with van der Waals surface area (Å²) in [5, 5.41) is 6.44. The fourth-order valence-corrected chi connectivity index (χ4v) is 9.30. The first-order valence-corrected chi connectivity index (χ1v) is 20.8. The Kier molecular flexibility index (Phi) is 13.3. The van der Waals surface area contributed by atoms with E-state index in [1.807, 2.05) is 23.2 Å². The van der Waals surface area contributed by atoms with Gasteiger partial charge in [-0.3, -0.25) is 34.3 Å². The zero-order chi connectivity index (χ0) is 40.8. The molecule has 1 atom stereocenters. The van der Waals surface area contributed by atoms with Crippen LogP contribution in [0.1, 0.15) is 71.0 Å². The second-order valence-corrected chi connectivity index (χ2v) is 16.6. The van der Waals surface area contributed by atoms with E-state index in [1.165, 1.54) is 11.0 Å². The molecule has 9 rings (SSSR count). The molecule has 4 fully saturated rings. The van der Waals surface area contributed by atoms with Gasteiger partial charge in [0.05, 0.1) is 17.6 Å². The van der Waals surface area contributed by atoms with E-state index in [-0.39, 0.29) is 68.0 Å². The van der Waals surface area contributed by atoms with Crippen LogP contribution in [-0.2, 0) is 16.1 Å². The molecule has 5 aliphatic rings. The largest absolute Gasteiger partial charge is 0.368 e. The van der Waals surface area contributed by atoms with E-state index in [1.54, 1.807) is 31.3 Å². The van der Waals surface area contributed by atoms with Crippen LogP contribution in [-0.4, -0.2) is 148 Å². The molecule has 1 aliphatic carbocycles. The van der Waals surface area contributed by atoms with E-state index >= 15 is 4.39 Å². The fraction of sp³-hybridized carbons (Fsp3) is 0.500. The molecule has 1 unspecified atom stereocenters. The molecule has 0 spiro atoms. The Morgan fingerprint density at radius 1 is 0.869 bits per heavy atom. The summed E-state index contributed by atoms with van der Waals surface area (Å²) in [5.74, 6) is -0.536. The zero-order valence-corrected chi connectivity index (χ0v) is 36.1. The van der Waals surface area contributed by atoms with Gasteiger partial charge in [-0.05, 0) is 55.2 Å². The number of rotatable bonds is 10. The van der Waals surface area contributed by atoms with Crippen LogP contribution in [0.25, 0.3) is 11.0 Å². The number of amides is 4. The number of nitrogens with one attached hydrogen (secondary N) is 2. The lowest BCUT2D eigenvalue weighted by atomic mass is 10.0. The van der Waals surface area contributed by atoms with Crippen molar-refractivity contribution in [2.24, 2.45) is 0 Å². The molecular weight excluding hydrogens is 826 g/mol. The Morgan fingerprint density at radius 2 is 1.56 bits per heavy atom. The lowest BCUT2D eigenvalue weighted by Gasteiger charge is -2.39. The second-order valence-electron chi connectivity index (χ2n) is 16.6. The Balaban J connectivity index is 0.00000281. The molecular formula is C42H53Cl2FN12O4. The summed E-state index contributed by atoms with van der Waals surface area (Å²) in [4.78, 5) is 76.7. The predicted molar refractivity (Wildman–Crippen MR) is 235 cm³/mol.